The molecule has 0 aromatic heterocycles. The fraction of sp³-hybridized carbons (Fsp3) is 0.850. The maximum absolute atomic E-state index is 12.5. The van der Waals surface area contributed by atoms with Crippen LogP contribution in [0.2, 0.25) is 0 Å². The van der Waals surface area contributed by atoms with E-state index in [1.807, 2.05) is 0 Å². The van der Waals surface area contributed by atoms with E-state index >= 15 is 0 Å². The molecule has 0 saturated carbocycles. The highest BCUT2D eigenvalue weighted by molar-refractivity contribution is 7.81. The Kier molecular flexibility index (Phi) is 9.28. The van der Waals surface area contributed by atoms with Gasteiger partial charge in [-0.05, 0) is 31.1 Å². The lowest BCUT2D eigenvalue weighted by Crippen LogP contribution is -2.47. The quantitative estimate of drug-likeness (QED) is 0.295. The number of hydrogen-bond donors (Lipinski definition) is 1. The van der Waals surface area contributed by atoms with Crippen molar-refractivity contribution in [3.05, 3.63) is 0 Å². The van der Waals surface area contributed by atoms with Gasteiger partial charge in [-0.3, -0.25) is 9.59 Å². The van der Waals surface area contributed by atoms with Gasteiger partial charge in [0.15, 0.2) is 0 Å². The first-order valence-electron chi connectivity index (χ1n) is 11.1. The predicted octanol–water partition coefficient (Wildman–Crippen LogP) is 1.86. The molecule has 32 heavy (non-hydrogen) atoms. The molecule has 2 N–H and O–H groups in total. The summed E-state index contributed by atoms with van der Waals surface area (Å²) >= 11 is 0. The molecular formula is C20H35N3O8S. The Morgan fingerprint density at radius 3 is 2.56 bits per heavy atom. The molecule has 0 aromatic carbocycles. The van der Waals surface area contributed by atoms with Crippen LogP contribution in [-0.2, 0) is 33.2 Å². The second-order valence-electron chi connectivity index (χ2n) is 9.10. The summed E-state index contributed by atoms with van der Waals surface area (Å²) in [5.74, 6) is -0.972. The number of hydrogen-bond acceptors (Lipinski definition) is 8. The van der Waals surface area contributed by atoms with Gasteiger partial charge in [-0.25, -0.2) is 8.98 Å². The third-order valence-corrected chi connectivity index (χ3v) is 6.43. The number of ether oxygens (including phenoxy) is 1. The fourth-order valence-corrected chi connectivity index (χ4v) is 4.57. The van der Waals surface area contributed by atoms with Crippen molar-refractivity contribution in [3.8, 4) is 0 Å². The smallest absolute Gasteiger partial charge is 0.421 e. The highest BCUT2D eigenvalue weighted by Gasteiger charge is 2.49. The van der Waals surface area contributed by atoms with Crippen molar-refractivity contribution in [2.45, 2.75) is 84.2 Å². The summed E-state index contributed by atoms with van der Waals surface area (Å²) in [7, 11) is -4.52. The van der Waals surface area contributed by atoms with Gasteiger partial charge in [-0.1, -0.05) is 40.0 Å². The summed E-state index contributed by atoms with van der Waals surface area (Å²) in [6.07, 6.45) is 5.28. The molecule has 0 radical (unpaired) electrons. The Morgan fingerprint density at radius 2 is 1.91 bits per heavy atom. The Balaban J connectivity index is 1.78. The zero-order chi connectivity index (χ0) is 23.9. The number of nitrogens with two attached hydrogens (primary N) is 1. The topological polar surface area (TPSA) is 146 Å². The molecule has 2 rings (SSSR count). The number of unbranched alkanes of at least 4 members (excludes halogenated alkanes) is 3. The minimum absolute atomic E-state index is 0.140. The number of piperidine rings is 1. The number of amides is 3. The molecule has 0 spiro atoms. The predicted molar refractivity (Wildman–Crippen MR) is 114 cm³/mol. The van der Waals surface area contributed by atoms with E-state index in [0.29, 0.717) is 25.9 Å². The van der Waals surface area contributed by atoms with Gasteiger partial charge in [0.25, 0.3) is 0 Å². The SMILES string of the molecule is CCCCCCOC(=O)CCC(C)(C)COS(=O)(=O)ON1C(=O)N2CC1CCC2C(N)=O. The third-order valence-electron chi connectivity index (χ3n) is 5.68. The van der Waals surface area contributed by atoms with Crippen LogP contribution in [0.5, 0.6) is 0 Å². The van der Waals surface area contributed by atoms with Crippen LogP contribution >= 0.6 is 0 Å². The van der Waals surface area contributed by atoms with E-state index in [1.165, 1.54) is 4.90 Å². The van der Waals surface area contributed by atoms with Crippen LogP contribution in [0.4, 0.5) is 4.79 Å². The molecular weight excluding hydrogens is 442 g/mol. The lowest BCUT2D eigenvalue weighted by molar-refractivity contribution is -0.144. The van der Waals surface area contributed by atoms with E-state index in [2.05, 4.69) is 6.92 Å². The summed E-state index contributed by atoms with van der Waals surface area (Å²) in [5, 5.41) is 0.737. The van der Waals surface area contributed by atoms with E-state index in [1.54, 1.807) is 13.8 Å². The lowest BCUT2D eigenvalue weighted by Gasteiger charge is -2.27. The van der Waals surface area contributed by atoms with Crippen molar-refractivity contribution < 1.29 is 36.0 Å². The van der Waals surface area contributed by atoms with Crippen LogP contribution in [0, 0.1) is 5.41 Å². The number of carbonyl (C=O) groups is 3. The van der Waals surface area contributed by atoms with Crippen molar-refractivity contribution in [2.24, 2.45) is 11.1 Å². The van der Waals surface area contributed by atoms with Gasteiger partial charge in [0, 0.05) is 13.0 Å². The molecule has 0 aliphatic carbocycles. The second-order valence-corrected chi connectivity index (χ2v) is 10.3. The first-order chi connectivity index (χ1) is 15.0. The zero-order valence-corrected chi connectivity index (χ0v) is 19.9. The Labute approximate surface area is 189 Å². The van der Waals surface area contributed by atoms with E-state index in [9.17, 15) is 22.8 Å². The van der Waals surface area contributed by atoms with E-state index in [4.69, 9.17) is 18.9 Å². The number of carbonyl (C=O) groups excluding carboxylic acids is 3. The van der Waals surface area contributed by atoms with Gasteiger partial charge >= 0.3 is 22.4 Å². The number of esters is 1. The first kappa shape index (κ1) is 26.3. The molecule has 2 unspecified atom stereocenters. The lowest BCUT2D eigenvalue weighted by atomic mass is 9.89. The monoisotopic (exact) mass is 477 g/mol. The molecule has 2 saturated heterocycles. The van der Waals surface area contributed by atoms with E-state index in [-0.39, 0.29) is 25.5 Å². The maximum atomic E-state index is 12.5. The van der Waals surface area contributed by atoms with Crippen LogP contribution < -0.4 is 5.73 Å². The summed E-state index contributed by atoms with van der Waals surface area (Å²) in [4.78, 5) is 37.0. The van der Waals surface area contributed by atoms with Crippen molar-refractivity contribution >= 4 is 28.3 Å². The van der Waals surface area contributed by atoms with Gasteiger partial charge in [0.05, 0.1) is 19.3 Å². The van der Waals surface area contributed by atoms with Crippen LogP contribution in [0.1, 0.15) is 72.1 Å². The molecule has 2 bridgehead atoms. The van der Waals surface area contributed by atoms with Crippen LogP contribution in [0.3, 0.4) is 0 Å². The summed E-state index contributed by atoms with van der Waals surface area (Å²) < 4.78 is 39.7. The first-order valence-corrected chi connectivity index (χ1v) is 12.4. The summed E-state index contributed by atoms with van der Waals surface area (Å²) in [6, 6.07) is -2.01. The number of nitrogens with zero attached hydrogens (tertiary/aromatic N) is 2. The van der Waals surface area contributed by atoms with E-state index < -0.39 is 39.8 Å². The van der Waals surface area contributed by atoms with Crippen molar-refractivity contribution in [1.29, 1.82) is 0 Å². The molecule has 0 aromatic rings. The maximum Gasteiger partial charge on any atom is 0.421 e. The zero-order valence-electron chi connectivity index (χ0n) is 19.1. The van der Waals surface area contributed by atoms with Gasteiger partial charge < -0.3 is 15.4 Å². The highest BCUT2D eigenvalue weighted by Crippen LogP contribution is 2.31. The number of hydroxylamine groups is 2. The Morgan fingerprint density at radius 1 is 1.19 bits per heavy atom. The summed E-state index contributed by atoms with van der Waals surface area (Å²) in [5.41, 5.74) is 4.66. The highest BCUT2D eigenvalue weighted by atomic mass is 32.3. The molecule has 2 fully saturated rings. The summed E-state index contributed by atoms with van der Waals surface area (Å²) in [6.45, 7) is 5.93. The average Bonchev–Trinajstić information content (AvgIpc) is 2.95. The standard InChI is InChI=1S/C20H35N3O8S/c1-4-5-6-7-12-29-17(24)10-11-20(2,3)14-30-32(27,28)31-23-15-8-9-16(18(21)25)22(13-15)19(23)26/h15-16H,4-14H2,1-3H3,(H2,21,25). The van der Waals surface area contributed by atoms with Crippen molar-refractivity contribution in [2.75, 3.05) is 19.8 Å². The molecule has 2 heterocycles. The molecule has 3 amide bonds. The largest absolute Gasteiger partial charge is 0.466 e. The molecule has 11 nitrogen and oxygen atoms in total. The van der Waals surface area contributed by atoms with Gasteiger partial charge in [0.2, 0.25) is 5.91 Å². The van der Waals surface area contributed by atoms with Gasteiger partial charge in [0.1, 0.15) is 6.04 Å². The molecule has 2 aliphatic heterocycles. The minimum Gasteiger partial charge on any atom is -0.466 e. The van der Waals surface area contributed by atoms with Crippen molar-refractivity contribution in [3.63, 3.8) is 0 Å². The fourth-order valence-electron chi connectivity index (χ4n) is 3.68. The molecule has 184 valence electrons. The molecule has 12 heteroatoms. The normalized spacial score (nSPS) is 21.2. The Hall–Kier alpha value is -1.92. The van der Waals surface area contributed by atoms with Gasteiger partial charge in [-0.15, -0.1) is 4.28 Å². The second kappa shape index (κ2) is 11.3. The molecule has 2 atom stereocenters. The molecule has 2 aliphatic rings. The van der Waals surface area contributed by atoms with Crippen LogP contribution in [0.15, 0.2) is 0 Å². The van der Waals surface area contributed by atoms with E-state index in [0.717, 1.165) is 30.7 Å². The Bertz CT molecular complexity index is 786. The number of rotatable bonds is 14. The van der Waals surface area contributed by atoms with Crippen LogP contribution in [0.25, 0.3) is 0 Å². The third kappa shape index (κ3) is 7.59. The number of urea groups is 1. The minimum atomic E-state index is -4.52. The van der Waals surface area contributed by atoms with Crippen molar-refractivity contribution in [1.82, 2.24) is 9.96 Å². The number of fused-ring (bicyclic) bond motifs is 2. The van der Waals surface area contributed by atoms with Crippen LogP contribution in [-0.4, -0.2) is 68.1 Å². The van der Waals surface area contributed by atoms with Gasteiger partial charge in [-0.2, -0.15) is 13.5 Å². The number of primary amides is 1. The average molecular weight is 478 g/mol.